The molecule has 1 N–H and O–H groups in total. The third-order valence-corrected chi connectivity index (χ3v) is 3.18. The van der Waals surface area contributed by atoms with E-state index < -0.39 is 0 Å². The SMILES string of the molecule is CCNC(Cc1ccccn1)c1cccc(OC)c1F. The molecule has 0 aliphatic rings. The van der Waals surface area contributed by atoms with Gasteiger partial charge in [-0.05, 0) is 24.7 Å². The van der Waals surface area contributed by atoms with Crippen molar-refractivity contribution in [1.29, 1.82) is 0 Å². The average Bonchev–Trinajstić information content (AvgIpc) is 2.48. The quantitative estimate of drug-likeness (QED) is 0.878. The molecule has 1 aromatic carbocycles. The number of rotatable bonds is 6. The van der Waals surface area contributed by atoms with Gasteiger partial charge in [0.2, 0.25) is 0 Å². The van der Waals surface area contributed by atoms with E-state index in [0.29, 0.717) is 12.0 Å². The van der Waals surface area contributed by atoms with Crippen LogP contribution in [-0.2, 0) is 6.42 Å². The third-order valence-electron chi connectivity index (χ3n) is 3.18. The number of likely N-dealkylation sites (N-methyl/N-ethyl adjacent to an activating group) is 1. The number of nitrogens with one attached hydrogen (secondary N) is 1. The second-order valence-corrected chi connectivity index (χ2v) is 4.50. The van der Waals surface area contributed by atoms with Crippen LogP contribution in [0.15, 0.2) is 42.6 Å². The number of nitrogens with zero attached hydrogens (tertiary/aromatic N) is 1. The van der Waals surface area contributed by atoms with Gasteiger partial charge in [-0.3, -0.25) is 4.98 Å². The molecule has 1 heterocycles. The molecule has 1 aromatic heterocycles. The van der Waals surface area contributed by atoms with E-state index in [4.69, 9.17) is 4.74 Å². The molecule has 106 valence electrons. The van der Waals surface area contributed by atoms with Crippen LogP contribution in [0.25, 0.3) is 0 Å². The first-order valence-electron chi connectivity index (χ1n) is 6.72. The Morgan fingerprint density at radius 3 is 2.75 bits per heavy atom. The van der Waals surface area contributed by atoms with Crippen molar-refractivity contribution in [2.45, 2.75) is 19.4 Å². The highest BCUT2D eigenvalue weighted by atomic mass is 19.1. The maximum absolute atomic E-state index is 14.4. The molecular formula is C16H19FN2O. The van der Waals surface area contributed by atoms with Crippen LogP contribution in [0.5, 0.6) is 5.75 Å². The molecule has 0 amide bonds. The van der Waals surface area contributed by atoms with E-state index in [0.717, 1.165) is 12.2 Å². The van der Waals surface area contributed by atoms with Gasteiger partial charge in [0.25, 0.3) is 0 Å². The Bertz CT molecular complexity index is 545. The Morgan fingerprint density at radius 1 is 1.25 bits per heavy atom. The van der Waals surface area contributed by atoms with E-state index >= 15 is 0 Å². The van der Waals surface area contributed by atoms with Gasteiger partial charge >= 0.3 is 0 Å². The fraction of sp³-hybridized carbons (Fsp3) is 0.312. The lowest BCUT2D eigenvalue weighted by atomic mass is 10.0. The van der Waals surface area contributed by atoms with Crippen LogP contribution in [0.1, 0.15) is 24.2 Å². The molecule has 2 rings (SSSR count). The van der Waals surface area contributed by atoms with E-state index in [9.17, 15) is 4.39 Å². The van der Waals surface area contributed by atoms with Crippen LogP contribution in [0.4, 0.5) is 4.39 Å². The summed E-state index contributed by atoms with van der Waals surface area (Å²) in [4.78, 5) is 4.30. The predicted octanol–water partition coefficient (Wildman–Crippen LogP) is 3.12. The summed E-state index contributed by atoms with van der Waals surface area (Å²) in [5, 5.41) is 3.30. The molecule has 0 spiro atoms. The molecule has 0 radical (unpaired) electrons. The monoisotopic (exact) mass is 274 g/mol. The maximum Gasteiger partial charge on any atom is 0.169 e. The van der Waals surface area contributed by atoms with E-state index in [-0.39, 0.29) is 17.6 Å². The first-order valence-corrected chi connectivity index (χ1v) is 6.72. The van der Waals surface area contributed by atoms with Crippen molar-refractivity contribution in [2.24, 2.45) is 0 Å². The lowest BCUT2D eigenvalue weighted by Crippen LogP contribution is -2.24. The third kappa shape index (κ3) is 3.33. The van der Waals surface area contributed by atoms with Gasteiger partial charge < -0.3 is 10.1 Å². The zero-order chi connectivity index (χ0) is 14.4. The number of methoxy groups -OCH3 is 1. The lowest BCUT2D eigenvalue weighted by Gasteiger charge is -2.19. The lowest BCUT2D eigenvalue weighted by molar-refractivity contribution is 0.379. The highest BCUT2D eigenvalue weighted by Gasteiger charge is 2.18. The van der Waals surface area contributed by atoms with Gasteiger partial charge in [-0.2, -0.15) is 0 Å². The Kier molecular flexibility index (Phi) is 5.07. The molecule has 0 fully saturated rings. The van der Waals surface area contributed by atoms with Crippen LogP contribution in [0.3, 0.4) is 0 Å². The molecule has 3 nitrogen and oxygen atoms in total. The zero-order valence-corrected chi connectivity index (χ0v) is 11.8. The Labute approximate surface area is 118 Å². The summed E-state index contributed by atoms with van der Waals surface area (Å²) in [5.74, 6) is -0.0386. The summed E-state index contributed by atoms with van der Waals surface area (Å²) >= 11 is 0. The van der Waals surface area contributed by atoms with Crippen molar-refractivity contribution in [3.63, 3.8) is 0 Å². The van der Waals surface area contributed by atoms with Crippen LogP contribution in [-0.4, -0.2) is 18.6 Å². The molecule has 0 bridgehead atoms. The number of benzene rings is 1. The van der Waals surface area contributed by atoms with Gasteiger partial charge in [-0.1, -0.05) is 25.1 Å². The minimum atomic E-state index is -0.308. The second kappa shape index (κ2) is 7.01. The molecule has 4 heteroatoms. The summed E-state index contributed by atoms with van der Waals surface area (Å²) < 4.78 is 19.4. The number of hydrogen-bond acceptors (Lipinski definition) is 3. The van der Waals surface area contributed by atoms with Crippen molar-refractivity contribution >= 4 is 0 Å². The molecule has 20 heavy (non-hydrogen) atoms. The normalized spacial score (nSPS) is 12.2. The second-order valence-electron chi connectivity index (χ2n) is 4.50. The fourth-order valence-electron chi connectivity index (χ4n) is 2.22. The Balaban J connectivity index is 2.29. The highest BCUT2D eigenvalue weighted by Crippen LogP contribution is 2.26. The minimum absolute atomic E-state index is 0.120. The Morgan fingerprint density at radius 2 is 2.10 bits per heavy atom. The summed E-state index contributed by atoms with van der Waals surface area (Å²) in [6.07, 6.45) is 2.39. The van der Waals surface area contributed by atoms with E-state index in [1.165, 1.54) is 7.11 Å². The van der Waals surface area contributed by atoms with Gasteiger partial charge in [0.1, 0.15) is 0 Å². The van der Waals surface area contributed by atoms with Gasteiger partial charge in [-0.15, -0.1) is 0 Å². The van der Waals surface area contributed by atoms with Gasteiger partial charge in [0, 0.05) is 29.9 Å². The summed E-state index contributed by atoms with van der Waals surface area (Å²) in [7, 11) is 1.48. The van der Waals surface area contributed by atoms with Crippen LogP contribution >= 0.6 is 0 Å². The van der Waals surface area contributed by atoms with Crippen molar-refractivity contribution in [3.05, 3.63) is 59.7 Å². The van der Waals surface area contributed by atoms with Crippen molar-refractivity contribution < 1.29 is 9.13 Å². The highest BCUT2D eigenvalue weighted by molar-refractivity contribution is 5.33. The molecule has 0 aliphatic heterocycles. The van der Waals surface area contributed by atoms with Crippen LogP contribution in [0.2, 0.25) is 0 Å². The van der Waals surface area contributed by atoms with E-state index in [2.05, 4.69) is 10.3 Å². The van der Waals surface area contributed by atoms with E-state index in [1.54, 1.807) is 24.4 Å². The zero-order valence-electron chi connectivity index (χ0n) is 11.8. The standard InChI is InChI=1S/C16H19FN2O/c1-3-18-14(11-12-7-4-5-10-19-12)13-8-6-9-15(20-2)16(13)17/h4-10,14,18H,3,11H2,1-2H3. The smallest absolute Gasteiger partial charge is 0.169 e. The number of aromatic nitrogens is 1. The number of pyridine rings is 1. The van der Waals surface area contributed by atoms with Crippen molar-refractivity contribution in [3.8, 4) is 5.75 Å². The van der Waals surface area contributed by atoms with Crippen molar-refractivity contribution in [1.82, 2.24) is 10.3 Å². The van der Waals surface area contributed by atoms with Gasteiger partial charge in [-0.25, -0.2) is 4.39 Å². The maximum atomic E-state index is 14.4. The van der Waals surface area contributed by atoms with Crippen LogP contribution in [0, 0.1) is 5.82 Å². The number of ether oxygens (including phenoxy) is 1. The molecule has 0 saturated heterocycles. The predicted molar refractivity (Wildman–Crippen MR) is 77.3 cm³/mol. The van der Waals surface area contributed by atoms with E-state index in [1.807, 2.05) is 25.1 Å². The summed E-state index contributed by atoms with van der Waals surface area (Å²) in [6.45, 7) is 2.76. The molecule has 1 unspecified atom stereocenters. The Hall–Kier alpha value is -1.94. The summed E-state index contributed by atoms with van der Waals surface area (Å²) in [5.41, 5.74) is 1.54. The first kappa shape index (κ1) is 14.5. The summed E-state index contributed by atoms with van der Waals surface area (Å²) in [6, 6.07) is 10.9. The first-order chi connectivity index (χ1) is 9.76. The molecule has 0 aliphatic carbocycles. The van der Waals surface area contributed by atoms with Crippen LogP contribution < -0.4 is 10.1 Å². The van der Waals surface area contributed by atoms with Gasteiger partial charge in [0.15, 0.2) is 11.6 Å². The number of halogens is 1. The molecule has 0 saturated carbocycles. The largest absolute Gasteiger partial charge is 0.494 e. The fourth-order valence-corrected chi connectivity index (χ4v) is 2.22. The molecule has 1 atom stereocenters. The molecular weight excluding hydrogens is 255 g/mol. The molecule has 2 aromatic rings. The number of hydrogen-bond donors (Lipinski definition) is 1. The average molecular weight is 274 g/mol. The minimum Gasteiger partial charge on any atom is -0.494 e. The van der Waals surface area contributed by atoms with Gasteiger partial charge in [0.05, 0.1) is 7.11 Å². The van der Waals surface area contributed by atoms with Crippen molar-refractivity contribution in [2.75, 3.05) is 13.7 Å². The topological polar surface area (TPSA) is 34.2 Å².